The molecule has 9 heteroatoms. The van der Waals surface area contributed by atoms with Gasteiger partial charge in [-0.2, -0.15) is 0 Å². The Morgan fingerprint density at radius 3 is 2.60 bits per heavy atom. The van der Waals surface area contributed by atoms with E-state index in [1.54, 1.807) is 33.7 Å². The Balaban J connectivity index is 2.06. The lowest BCUT2D eigenvalue weighted by Gasteiger charge is -2.43. The maximum Gasteiger partial charge on any atom is 0.310 e. The normalized spacial score (nSPS) is 32.3. The van der Waals surface area contributed by atoms with Crippen molar-refractivity contribution >= 4 is 45.5 Å². The molecule has 0 aromatic rings. The number of fused-ring (bicyclic) bond motifs is 1. The van der Waals surface area contributed by atoms with Crippen LogP contribution in [0.4, 0.5) is 0 Å². The van der Waals surface area contributed by atoms with Crippen molar-refractivity contribution in [2.24, 2.45) is 11.8 Å². The van der Waals surface area contributed by atoms with Crippen molar-refractivity contribution < 1.29 is 24.2 Å². The van der Waals surface area contributed by atoms with Crippen molar-refractivity contribution in [3.8, 4) is 0 Å². The highest BCUT2D eigenvalue weighted by Crippen LogP contribution is 2.68. The summed E-state index contributed by atoms with van der Waals surface area (Å²) < 4.78 is 4.86. The molecule has 0 aliphatic carbocycles. The predicted octanol–water partition coefficient (Wildman–Crippen LogP) is 3.54. The van der Waals surface area contributed by atoms with Crippen molar-refractivity contribution in [1.29, 1.82) is 0 Å². The molecule has 2 bridgehead atoms. The first kappa shape index (κ1) is 28.3. The van der Waals surface area contributed by atoms with E-state index in [1.807, 2.05) is 27.7 Å². The number of carbonyl (C=O) groups is 3. The fourth-order valence-electron chi connectivity index (χ4n) is 5.89. The van der Waals surface area contributed by atoms with E-state index < -0.39 is 34.2 Å². The maximum atomic E-state index is 14.3. The van der Waals surface area contributed by atoms with E-state index >= 15 is 0 Å². The number of aliphatic hydroxyl groups excluding tert-OH is 1. The fraction of sp³-hybridized carbons (Fsp3) is 0.731. The van der Waals surface area contributed by atoms with Crippen LogP contribution in [0, 0.1) is 11.8 Å². The summed E-state index contributed by atoms with van der Waals surface area (Å²) in [5.74, 6) is -2.04. The van der Waals surface area contributed by atoms with Crippen LogP contribution < -0.4 is 0 Å². The number of allylic oxidation sites excluding steroid dienone is 1. The molecule has 3 aliphatic heterocycles. The maximum absolute atomic E-state index is 14.3. The van der Waals surface area contributed by atoms with E-state index in [1.165, 1.54) is 0 Å². The Labute approximate surface area is 221 Å². The summed E-state index contributed by atoms with van der Waals surface area (Å²) in [5, 5.41) is 10.0. The lowest BCUT2D eigenvalue weighted by atomic mass is 9.71. The lowest BCUT2D eigenvalue weighted by molar-refractivity contribution is -0.154. The number of likely N-dealkylation sites (tertiary alicyclic amines) is 1. The Kier molecular flexibility index (Phi) is 8.86. The number of ether oxygens (including phenoxy) is 1. The molecular formula is C26H39BrN2O5S. The topological polar surface area (TPSA) is 87.1 Å². The average molecular weight is 572 g/mol. The number of hydrogen-bond donors (Lipinski definition) is 1. The van der Waals surface area contributed by atoms with Gasteiger partial charge in [-0.15, -0.1) is 24.9 Å². The summed E-state index contributed by atoms with van der Waals surface area (Å²) in [5.41, 5.74) is -0.492. The first-order valence-electron chi connectivity index (χ1n) is 12.4. The van der Waals surface area contributed by atoms with Gasteiger partial charge >= 0.3 is 5.97 Å². The number of alkyl halides is 1. The summed E-state index contributed by atoms with van der Waals surface area (Å²) in [7, 11) is 0. The minimum atomic E-state index is -0.773. The van der Waals surface area contributed by atoms with Gasteiger partial charge in [0.1, 0.15) is 6.04 Å². The number of halogens is 1. The second-order valence-electron chi connectivity index (χ2n) is 10.7. The van der Waals surface area contributed by atoms with Crippen LogP contribution in [0.5, 0.6) is 0 Å². The lowest BCUT2D eigenvalue weighted by Crippen LogP contribution is -2.60. The molecule has 1 N–H and O–H groups in total. The summed E-state index contributed by atoms with van der Waals surface area (Å²) in [6, 6.07) is -1.27. The molecule has 3 unspecified atom stereocenters. The molecule has 0 radical (unpaired) electrons. The Morgan fingerprint density at radius 1 is 1.37 bits per heavy atom. The predicted molar refractivity (Wildman–Crippen MR) is 142 cm³/mol. The van der Waals surface area contributed by atoms with Crippen molar-refractivity contribution in [1.82, 2.24) is 9.80 Å². The highest BCUT2D eigenvalue weighted by Gasteiger charge is 2.76. The third kappa shape index (κ3) is 4.85. The van der Waals surface area contributed by atoms with Crippen LogP contribution in [0.15, 0.2) is 25.3 Å². The molecule has 3 aliphatic rings. The molecule has 7 atom stereocenters. The zero-order valence-corrected chi connectivity index (χ0v) is 23.6. The van der Waals surface area contributed by atoms with Crippen LogP contribution >= 0.6 is 27.7 Å². The molecule has 0 saturated carbocycles. The number of aliphatic hydroxyl groups is 1. The number of carbonyl (C=O) groups excluding carboxylic acids is 3. The van der Waals surface area contributed by atoms with Gasteiger partial charge in [-0.05, 0) is 46.5 Å². The van der Waals surface area contributed by atoms with E-state index in [-0.39, 0.29) is 41.1 Å². The van der Waals surface area contributed by atoms with Gasteiger partial charge in [0.25, 0.3) is 0 Å². The van der Waals surface area contributed by atoms with Crippen LogP contribution in [0.3, 0.4) is 0 Å². The summed E-state index contributed by atoms with van der Waals surface area (Å²) in [6.45, 7) is 15.7. The number of unbranched alkanes of at least 4 members (excludes halogenated alkanes) is 1. The number of esters is 1. The van der Waals surface area contributed by atoms with Crippen molar-refractivity contribution in [3.63, 3.8) is 0 Å². The standard InChI is InChI=1S/C26H39BrN2O5S/c1-7-10-11-13-34-24(33)18-19-22(31)29(16(9-3)15-30)21(26(19)14-17(27)20(18)35-26)23(32)28(12-8-2)25(4,5)6/h7-8,16-21,30H,1-2,9-15H2,3-6H3/t16-,17?,18-,19-,20-,21?,26?/m0/s1. The van der Waals surface area contributed by atoms with Gasteiger partial charge < -0.3 is 19.6 Å². The van der Waals surface area contributed by atoms with E-state index in [0.717, 1.165) is 6.42 Å². The summed E-state index contributed by atoms with van der Waals surface area (Å²) in [4.78, 5) is 45.0. The van der Waals surface area contributed by atoms with Gasteiger partial charge in [0.05, 0.1) is 35.8 Å². The monoisotopic (exact) mass is 570 g/mol. The van der Waals surface area contributed by atoms with E-state index in [2.05, 4.69) is 29.1 Å². The number of hydrogen-bond acceptors (Lipinski definition) is 6. The third-order valence-electron chi connectivity index (χ3n) is 7.49. The summed E-state index contributed by atoms with van der Waals surface area (Å²) in [6.07, 6.45) is 6.00. The highest BCUT2D eigenvalue weighted by atomic mass is 79.9. The van der Waals surface area contributed by atoms with Crippen LogP contribution in [-0.4, -0.2) is 84.9 Å². The average Bonchev–Trinajstić information content (AvgIpc) is 3.38. The molecule has 0 aromatic heterocycles. The van der Waals surface area contributed by atoms with E-state index in [4.69, 9.17) is 4.74 Å². The molecule has 35 heavy (non-hydrogen) atoms. The van der Waals surface area contributed by atoms with Gasteiger partial charge in [-0.25, -0.2) is 0 Å². The number of thioether (sulfide) groups is 1. The Morgan fingerprint density at radius 2 is 2.06 bits per heavy atom. The fourth-order valence-corrected chi connectivity index (χ4v) is 9.47. The highest BCUT2D eigenvalue weighted by molar-refractivity contribution is 9.09. The smallest absolute Gasteiger partial charge is 0.310 e. The molecule has 1 spiro atoms. The Bertz CT molecular complexity index is 857. The van der Waals surface area contributed by atoms with Gasteiger partial charge in [-0.3, -0.25) is 14.4 Å². The first-order valence-corrected chi connectivity index (χ1v) is 14.2. The minimum absolute atomic E-state index is 0.0192. The number of rotatable bonds is 11. The second-order valence-corrected chi connectivity index (χ2v) is 13.4. The molecule has 2 amide bonds. The van der Waals surface area contributed by atoms with Gasteiger partial charge in [0.15, 0.2) is 0 Å². The quantitative estimate of drug-likeness (QED) is 0.177. The molecule has 7 nitrogen and oxygen atoms in total. The second kappa shape index (κ2) is 11.0. The largest absolute Gasteiger partial charge is 0.465 e. The van der Waals surface area contributed by atoms with Gasteiger partial charge in [0.2, 0.25) is 11.8 Å². The van der Waals surface area contributed by atoms with Crippen LogP contribution in [0.2, 0.25) is 0 Å². The SMILES string of the molecule is C=CCCCOC(=O)[C@H]1[C@H]2C(=O)N([C@@H](CC)CO)C(C(=O)N(CC=C)C(C)(C)C)C23CC(Br)[C@@H]1S3. The van der Waals surface area contributed by atoms with Crippen molar-refractivity contribution in [3.05, 3.63) is 25.3 Å². The molecule has 3 rings (SSSR count). The van der Waals surface area contributed by atoms with Crippen LogP contribution in [0.1, 0.15) is 53.4 Å². The molecule has 3 fully saturated rings. The van der Waals surface area contributed by atoms with E-state index in [9.17, 15) is 19.5 Å². The zero-order chi connectivity index (χ0) is 26.1. The molecule has 196 valence electrons. The molecule has 3 saturated heterocycles. The Hall–Kier alpha value is -1.32. The van der Waals surface area contributed by atoms with Crippen LogP contribution in [0.25, 0.3) is 0 Å². The summed E-state index contributed by atoms with van der Waals surface area (Å²) >= 11 is 5.35. The van der Waals surface area contributed by atoms with Gasteiger partial charge in [-0.1, -0.05) is 35.0 Å². The number of nitrogens with zero attached hydrogens (tertiary/aromatic N) is 2. The molecular weight excluding hydrogens is 532 g/mol. The number of amides is 2. The van der Waals surface area contributed by atoms with Crippen LogP contribution in [-0.2, 0) is 19.1 Å². The van der Waals surface area contributed by atoms with Crippen molar-refractivity contribution in [2.45, 2.75) is 85.8 Å². The van der Waals surface area contributed by atoms with E-state index in [0.29, 0.717) is 25.8 Å². The molecule has 0 aromatic carbocycles. The van der Waals surface area contributed by atoms with Crippen molar-refractivity contribution in [2.75, 3.05) is 19.8 Å². The third-order valence-corrected chi connectivity index (χ3v) is 10.7. The zero-order valence-electron chi connectivity index (χ0n) is 21.2. The minimum Gasteiger partial charge on any atom is -0.465 e. The first-order chi connectivity index (χ1) is 16.5. The molecule has 3 heterocycles. The van der Waals surface area contributed by atoms with Gasteiger partial charge in [0, 0.05) is 22.2 Å².